The molecule has 0 aliphatic heterocycles. The summed E-state index contributed by atoms with van der Waals surface area (Å²) in [5.74, 6) is 2.17. The summed E-state index contributed by atoms with van der Waals surface area (Å²) < 4.78 is 12.5. The number of hydrogen-bond acceptors (Lipinski definition) is 3. The van der Waals surface area contributed by atoms with Crippen molar-refractivity contribution in [2.24, 2.45) is 0 Å². The van der Waals surface area contributed by atoms with Crippen molar-refractivity contribution in [3.63, 3.8) is 0 Å². The average Bonchev–Trinajstić information content (AvgIpc) is 3.33. The molecule has 0 spiro atoms. The number of aryl methyl sites for hydroxylation is 2. The standard InChI is InChI=1S/C23H19BrO3/c24-19-7-4-17(5-8-19)23(25)13-12-20-10-11-22(27-20)15-26-21-9-6-16-2-1-3-18(16)14-21/h4-14H,1-3,15H2/b13-12+. The van der Waals surface area contributed by atoms with Crippen LogP contribution >= 0.6 is 15.9 Å². The number of furan rings is 1. The first-order chi connectivity index (χ1) is 13.2. The first-order valence-electron chi connectivity index (χ1n) is 8.99. The highest BCUT2D eigenvalue weighted by molar-refractivity contribution is 9.10. The van der Waals surface area contributed by atoms with E-state index in [2.05, 4.69) is 28.1 Å². The highest BCUT2D eigenvalue weighted by Crippen LogP contribution is 2.26. The lowest BCUT2D eigenvalue weighted by atomic mass is 10.1. The summed E-state index contributed by atoms with van der Waals surface area (Å²) in [6.07, 6.45) is 6.74. The second kappa shape index (κ2) is 7.97. The maximum absolute atomic E-state index is 12.2. The summed E-state index contributed by atoms with van der Waals surface area (Å²) in [4.78, 5) is 12.2. The van der Waals surface area contributed by atoms with Crippen LogP contribution in [-0.2, 0) is 19.4 Å². The minimum absolute atomic E-state index is 0.0603. The highest BCUT2D eigenvalue weighted by atomic mass is 79.9. The molecular weight excluding hydrogens is 404 g/mol. The second-order valence-electron chi connectivity index (χ2n) is 6.58. The maximum Gasteiger partial charge on any atom is 0.185 e. The topological polar surface area (TPSA) is 39.4 Å². The fourth-order valence-electron chi connectivity index (χ4n) is 3.22. The molecule has 4 rings (SSSR count). The molecule has 3 nitrogen and oxygen atoms in total. The fourth-order valence-corrected chi connectivity index (χ4v) is 3.49. The minimum atomic E-state index is -0.0603. The van der Waals surface area contributed by atoms with Gasteiger partial charge in [0.05, 0.1) is 0 Å². The Morgan fingerprint density at radius 3 is 2.70 bits per heavy atom. The van der Waals surface area contributed by atoms with Crippen LogP contribution in [0.4, 0.5) is 0 Å². The van der Waals surface area contributed by atoms with Gasteiger partial charge in [-0.05, 0) is 91.1 Å². The van der Waals surface area contributed by atoms with Crippen molar-refractivity contribution in [3.8, 4) is 5.75 Å². The van der Waals surface area contributed by atoms with E-state index in [-0.39, 0.29) is 5.78 Å². The van der Waals surface area contributed by atoms with Crippen LogP contribution in [-0.4, -0.2) is 5.78 Å². The smallest absolute Gasteiger partial charge is 0.185 e. The molecule has 0 atom stereocenters. The van der Waals surface area contributed by atoms with Crippen LogP contribution in [0.2, 0.25) is 0 Å². The number of carbonyl (C=O) groups is 1. The number of allylic oxidation sites excluding steroid dienone is 1. The Bertz CT molecular complexity index is 983. The average molecular weight is 423 g/mol. The van der Waals surface area contributed by atoms with Crippen LogP contribution < -0.4 is 4.74 Å². The third-order valence-corrected chi connectivity index (χ3v) is 5.19. The molecule has 4 heteroatoms. The predicted octanol–water partition coefficient (Wildman–Crippen LogP) is 6.01. The maximum atomic E-state index is 12.2. The molecule has 1 aliphatic rings. The minimum Gasteiger partial charge on any atom is -0.486 e. The van der Waals surface area contributed by atoms with Crippen LogP contribution in [0.15, 0.2) is 69.6 Å². The molecule has 0 saturated heterocycles. The van der Waals surface area contributed by atoms with Gasteiger partial charge in [-0.15, -0.1) is 0 Å². The molecule has 1 heterocycles. The van der Waals surface area contributed by atoms with E-state index in [0.29, 0.717) is 17.9 Å². The first-order valence-corrected chi connectivity index (χ1v) is 9.78. The number of halogens is 1. The van der Waals surface area contributed by atoms with E-state index in [4.69, 9.17) is 9.15 Å². The van der Waals surface area contributed by atoms with E-state index >= 15 is 0 Å². The number of ether oxygens (including phenoxy) is 1. The molecule has 136 valence electrons. The van der Waals surface area contributed by atoms with Gasteiger partial charge in [0.1, 0.15) is 23.9 Å². The van der Waals surface area contributed by atoms with Crippen LogP contribution in [0.1, 0.15) is 39.4 Å². The van der Waals surface area contributed by atoms with Crippen LogP contribution in [0, 0.1) is 0 Å². The lowest BCUT2D eigenvalue weighted by molar-refractivity contribution is 0.104. The molecule has 2 aromatic carbocycles. The number of rotatable bonds is 6. The van der Waals surface area contributed by atoms with Crippen molar-refractivity contribution < 1.29 is 13.9 Å². The number of benzene rings is 2. The van der Waals surface area contributed by atoms with E-state index in [1.54, 1.807) is 18.2 Å². The lowest BCUT2D eigenvalue weighted by Crippen LogP contribution is -1.95. The van der Waals surface area contributed by atoms with Gasteiger partial charge in [0.15, 0.2) is 5.78 Å². The van der Waals surface area contributed by atoms with Crippen LogP contribution in [0.3, 0.4) is 0 Å². The molecule has 0 N–H and O–H groups in total. The van der Waals surface area contributed by atoms with Gasteiger partial charge in [0.25, 0.3) is 0 Å². The van der Waals surface area contributed by atoms with Gasteiger partial charge in [0, 0.05) is 10.0 Å². The largest absolute Gasteiger partial charge is 0.486 e. The van der Waals surface area contributed by atoms with E-state index in [0.717, 1.165) is 22.4 Å². The van der Waals surface area contributed by atoms with Gasteiger partial charge in [-0.2, -0.15) is 0 Å². The SMILES string of the molecule is O=C(/C=C/c1ccc(COc2ccc3c(c2)CCC3)o1)c1ccc(Br)cc1. The van der Waals surface area contributed by atoms with Crippen molar-refractivity contribution in [3.05, 3.63) is 93.4 Å². The zero-order chi connectivity index (χ0) is 18.6. The summed E-state index contributed by atoms with van der Waals surface area (Å²) in [7, 11) is 0. The molecule has 3 aromatic rings. The quantitative estimate of drug-likeness (QED) is 0.360. The van der Waals surface area contributed by atoms with Gasteiger partial charge in [-0.1, -0.05) is 22.0 Å². The number of fused-ring (bicyclic) bond motifs is 1. The summed E-state index contributed by atoms with van der Waals surface area (Å²) in [6, 6.07) is 17.3. The fraction of sp³-hybridized carbons (Fsp3) is 0.174. The molecule has 1 aliphatic carbocycles. The third kappa shape index (κ3) is 4.40. The molecule has 0 saturated carbocycles. The van der Waals surface area contributed by atoms with Crippen molar-refractivity contribution >= 4 is 27.8 Å². The van der Waals surface area contributed by atoms with Gasteiger partial charge in [-0.25, -0.2) is 0 Å². The van der Waals surface area contributed by atoms with E-state index in [9.17, 15) is 4.79 Å². The summed E-state index contributed by atoms with van der Waals surface area (Å²) >= 11 is 3.36. The monoisotopic (exact) mass is 422 g/mol. The van der Waals surface area contributed by atoms with E-state index in [1.807, 2.05) is 30.3 Å². The van der Waals surface area contributed by atoms with E-state index < -0.39 is 0 Å². The van der Waals surface area contributed by atoms with Crippen LogP contribution in [0.5, 0.6) is 5.75 Å². The Kier molecular flexibility index (Phi) is 5.26. The molecule has 0 unspecified atom stereocenters. The normalized spacial score (nSPS) is 13.1. The van der Waals surface area contributed by atoms with Crippen molar-refractivity contribution in [1.29, 1.82) is 0 Å². The molecule has 0 radical (unpaired) electrons. The predicted molar refractivity (Wildman–Crippen MR) is 109 cm³/mol. The molecule has 0 amide bonds. The Morgan fingerprint density at radius 2 is 1.85 bits per heavy atom. The Morgan fingerprint density at radius 1 is 1.04 bits per heavy atom. The zero-order valence-electron chi connectivity index (χ0n) is 14.8. The Hall–Kier alpha value is -2.59. The summed E-state index contributed by atoms with van der Waals surface area (Å²) in [5, 5.41) is 0. The Balaban J connectivity index is 1.35. The number of carbonyl (C=O) groups excluding carboxylic acids is 1. The second-order valence-corrected chi connectivity index (χ2v) is 7.50. The molecule has 1 aromatic heterocycles. The van der Waals surface area contributed by atoms with Crippen molar-refractivity contribution in [2.75, 3.05) is 0 Å². The lowest BCUT2D eigenvalue weighted by Gasteiger charge is -2.06. The summed E-state index contributed by atoms with van der Waals surface area (Å²) in [6.45, 7) is 0.368. The number of hydrogen-bond donors (Lipinski definition) is 0. The molecular formula is C23H19BrO3. The summed E-state index contributed by atoms with van der Waals surface area (Å²) in [5.41, 5.74) is 3.46. The zero-order valence-corrected chi connectivity index (χ0v) is 16.4. The van der Waals surface area contributed by atoms with Gasteiger partial charge < -0.3 is 9.15 Å². The van der Waals surface area contributed by atoms with Gasteiger partial charge >= 0.3 is 0 Å². The van der Waals surface area contributed by atoms with Gasteiger partial charge in [-0.3, -0.25) is 4.79 Å². The van der Waals surface area contributed by atoms with E-state index in [1.165, 1.54) is 30.0 Å². The van der Waals surface area contributed by atoms with Crippen molar-refractivity contribution in [2.45, 2.75) is 25.9 Å². The number of ketones is 1. The van der Waals surface area contributed by atoms with Crippen LogP contribution in [0.25, 0.3) is 6.08 Å². The van der Waals surface area contributed by atoms with Gasteiger partial charge in [0.2, 0.25) is 0 Å². The van der Waals surface area contributed by atoms with Crippen molar-refractivity contribution in [1.82, 2.24) is 0 Å². The third-order valence-electron chi connectivity index (χ3n) is 4.66. The molecule has 0 bridgehead atoms. The highest BCUT2D eigenvalue weighted by Gasteiger charge is 2.11. The molecule has 0 fully saturated rings. The first kappa shape index (κ1) is 17.8. The Labute approximate surface area is 166 Å². The molecule has 27 heavy (non-hydrogen) atoms.